The topological polar surface area (TPSA) is 63.8 Å². The van der Waals surface area contributed by atoms with Crippen molar-refractivity contribution in [3.63, 3.8) is 0 Å². The van der Waals surface area contributed by atoms with Crippen molar-refractivity contribution in [3.05, 3.63) is 42.2 Å². The van der Waals surface area contributed by atoms with Crippen molar-refractivity contribution in [2.75, 3.05) is 18.4 Å². The van der Waals surface area contributed by atoms with Crippen LogP contribution in [0.1, 0.15) is 12.0 Å². The molecule has 2 rings (SSSR count). The Morgan fingerprint density at radius 3 is 2.61 bits per heavy atom. The number of benzene rings is 1. The number of hydrogen-bond acceptors (Lipinski definition) is 4. The fourth-order valence-electron chi connectivity index (χ4n) is 1.70. The quantitative estimate of drug-likeness (QED) is 0.789. The Hall–Kier alpha value is -1.94. The van der Waals surface area contributed by atoms with E-state index in [0.717, 1.165) is 24.1 Å². The third kappa shape index (κ3) is 3.28. The zero-order valence-corrected chi connectivity index (χ0v) is 10.6. The number of aryl methyl sites for hydroxylation is 1. The Labute approximate surface area is 107 Å². The second kappa shape index (κ2) is 6.12. The Morgan fingerprint density at radius 2 is 1.94 bits per heavy atom. The number of nitrogens with zero attached hydrogens (tertiary/aromatic N) is 2. The maximum Gasteiger partial charge on any atom is 0.222 e. The molecule has 94 valence electrons. The zero-order chi connectivity index (χ0) is 12.8. The molecule has 0 bridgehead atoms. The van der Waals surface area contributed by atoms with Crippen LogP contribution in [-0.2, 0) is 0 Å². The van der Waals surface area contributed by atoms with Crippen LogP contribution in [0.15, 0.2) is 36.7 Å². The number of anilines is 1. The minimum Gasteiger partial charge on any atom is -0.354 e. The molecule has 0 aliphatic rings. The molecular formula is C14H18N4. The van der Waals surface area contributed by atoms with Gasteiger partial charge >= 0.3 is 0 Å². The number of rotatable bonds is 5. The van der Waals surface area contributed by atoms with Crippen LogP contribution in [0, 0.1) is 6.92 Å². The number of nitrogens with two attached hydrogens (primary N) is 1. The van der Waals surface area contributed by atoms with E-state index < -0.39 is 0 Å². The molecule has 0 amide bonds. The molecule has 0 saturated carbocycles. The second-order valence-corrected chi connectivity index (χ2v) is 4.23. The molecule has 0 saturated heterocycles. The van der Waals surface area contributed by atoms with Gasteiger partial charge in [0.2, 0.25) is 5.95 Å². The lowest BCUT2D eigenvalue weighted by Crippen LogP contribution is -2.10. The molecule has 1 aromatic heterocycles. The molecule has 4 nitrogen and oxygen atoms in total. The fourth-order valence-corrected chi connectivity index (χ4v) is 1.70. The van der Waals surface area contributed by atoms with Gasteiger partial charge in [-0.25, -0.2) is 9.97 Å². The van der Waals surface area contributed by atoms with Gasteiger partial charge in [-0.1, -0.05) is 29.8 Å². The van der Waals surface area contributed by atoms with Gasteiger partial charge in [-0.15, -0.1) is 0 Å². The van der Waals surface area contributed by atoms with E-state index in [-0.39, 0.29) is 0 Å². The van der Waals surface area contributed by atoms with Crippen molar-refractivity contribution in [2.45, 2.75) is 13.3 Å². The Kier molecular flexibility index (Phi) is 4.25. The molecule has 2 aromatic rings. The summed E-state index contributed by atoms with van der Waals surface area (Å²) in [5, 5.41) is 3.13. The standard InChI is InChI=1S/C14H18N4/c1-11-4-2-5-12(8-11)13-9-17-14(18-10-13)16-7-3-6-15/h2,4-5,8-10H,3,6-7,15H2,1H3,(H,16,17,18). The van der Waals surface area contributed by atoms with Crippen LogP contribution in [0.5, 0.6) is 0 Å². The largest absolute Gasteiger partial charge is 0.354 e. The minimum atomic E-state index is 0.653. The highest BCUT2D eigenvalue weighted by molar-refractivity contribution is 5.62. The SMILES string of the molecule is Cc1cccc(-c2cnc(NCCCN)nc2)c1. The monoisotopic (exact) mass is 242 g/mol. The lowest BCUT2D eigenvalue weighted by molar-refractivity contribution is 0.864. The van der Waals surface area contributed by atoms with Gasteiger partial charge in [-0.2, -0.15) is 0 Å². The predicted molar refractivity (Wildman–Crippen MR) is 74.4 cm³/mol. The maximum atomic E-state index is 5.43. The highest BCUT2D eigenvalue weighted by Crippen LogP contribution is 2.18. The molecule has 0 aliphatic carbocycles. The number of hydrogen-bond donors (Lipinski definition) is 2. The summed E-state index contributed by atoms with van der Waals surface area (Å²) in [6.07, 6.45) is 4.60. The van der Waals surface area contributed by atoms with Crippen LogP contribution in [0.3, 0.4) is 0 Å². The number of aromatic nitrogens is 2. The summed E-state index contributed by atoms with van der Waals surface area (Å²) in [7, 11) is 0. The normalized spacial score (nSPS) is 10.3. The van der Waals surface area contributed by atoms with Crippen LogP contribution in [0.2, 0.25) is 0 Å². The van der Waals surface area contributed by atoms with Crippen molar-refractivity contribution < 1.29 is 0 Å². The Morgan fingerprint density at radius 1 is 1.17 bits per heavy atom. The van der Waals surface area contributed by atoms with Gasteiger partial charge < -0.3 is 11.1 Å². The molecule has 4 heteroatoms. The van der Waals surface area contributed by atoms with Crippen molar-refractivity contribution in [1.29, 1.82) is 0 Å². The molecule has 0 spiro atoms. The summed E-state index contributed by atoms with van der Waals surface area (Å²) in [6.45, 7) is 3.56. The van der Waals surface area contributed by atoms with Gasteiger partial charge in [0.05, 0.1) is 0 Å². The van der Waals surface area contributed by atoms with E-state index in [1.807, 2.05) is 18.5 Å². The summed E-state index contributed by atoms with van der Waals surface area (Å²) in [5.41, 5.74) is 8.83. The maximum absolute atomic E-state index is 5.43. The first-order chi connectivity index (χ1) is 8.79. The van der Waals surface area contributed by atoms with Gasteiger partial charge in [-0.05, 0) is 25.5 Å². The summed E-state index contributed by atoms with van der Waals surface area (Å²) in [4.78, 5) is 8.59. The minimum absolute atomic E-state index is 0.653. The molecule has 0 unspecified atom stereocenters. The van der Waals surface area contributed by atoms with Gasteiger partial charge in [-0.3, -0.25) is 0 Å². The lowest BCUT2D eigenvalue weighted by atomic mass is 10.1. The summed E-state index contributed by atoms with van der Waals surface area (Å²) >= 11 is 0. The van der Waals surface area contributed by atoms with Gasteiger partial charge in [0.15, 0.2) is 0 Å². The summed E-state index contributed by atoms with van der Waals surface area (Å²) in [6, 6.07) is 8.30. The molecule has 0 fully saturated rings. The van der Waals surface area contributed by atoms with E-state index in [1.54, 1.807) is 0 Å². The van der Waals surface area contributed by atoms with Crippen molar-refractivity contribution >= 4 is 5.95 Å². The highest BCUT2D eigenvalue weighted by Gasteiger charge is 2.00. The molecule has 0 aliphatic heterocycles. The van der Waals surface area contributed by atoms with E-state index in [0.29, 0.717) is 12.5 Å². The average molecular weight is 242 g/mol. The average Bonchev–Trinajstić information content (AvgIpc) is 2.40. The van der Waals surface area contributed by atoms with E-state index in [4.69, 9.17) is 5.73 Å². The third-order valence-corrected chi connectivity index (χ3v) is 2.67. The third-order valence-electron chi connectivity index (χ3n) is 2.67. The van der Waals surface area contributed by atoms with Crippen LogP contribution in [-0.4, -0.2) is 23.1 Å². The Balaban J connectivity index is 2.07. The Bertz CT molecular complexity index is 493. The molecule has 18 heavy (non-hydrogen) atoms. The van der Waals surface area contributed by atoms with Crippen molar-refractivity contribution in [1.82, 2.24) is 9.97 Å². The number of nitrogens with one attached hydrogen (secondary N) is 1. The van der Waals surface area contributed by atoms with E-state index >= 15 is 0 Å². The lowest BCUT2D eigenvalue weighted by Gasteiger charge is -2.05. The van der Waals surface area contributed by atoms with E-state index in [2.05, 4.69) is 40.4 Å². The predicted octanol–water partition coefficient (Wildman–Crippen LogP) is 2.21. The van der Waals surface area contributed by atoms with Crippen LogP contribution < -0.4 is 11.1 Å². The van der Waals surface area contributed by atoms with Crippen LogP contribution in [0.4, 0.5) is 5.95 Å². The van der Waals surface area contributed by atoms with E-state index in [9.17, 15) is 0 Å². The van der Waals surface area contributed by atoms with Gasteiger partial charge in [0.1, 0.15) is 0 Å². The summed E-state index contributed by atoms with van der Waals surface area (Å²) in [5.74, 6) is 0.653. The molecule has 0 atom stereocenters. The first-order valence-electron chi connectivity index (χ1n) is 6.12. The first kappa shape index (κ1) is 12.5. The van der Waals surface area contributed by atoms with Gasteiger partial charge in [0.25, 0.3) is 0 Å². The van der Waals surface area contributed by atoms with Gasteiger partial charge in [0, 0.05) is 24.5 Å². The molecule has 3 N–H and O–H groups in total. The molecule has 1 aromatic carbocycles. The smallest absolute Gasteiger partial charge is 0.222 e. The van der Waals surface area contributed by atoms with E-state index in [1.165, 1.54) is 5.56 Å². The van der Waals surface area contributed by atoms with Crippen LogP contribution in [0.25, 0.3) is 11.1 Å². The van der Waals surface area contributed by atoms with Crippen molar-refractivity contribution in [3.8, 4) is 11.1 Å². The molecular weight excluding hydrogens is 224 g/mol. The van der Waals surface area contributed by atoms with Crippen LogP contribution >= 0.6 is 0 Å². The summed E-state index contributed by atoms with van der Waals surface area (Å²) < 4.78 is 0. The first-order valence-corrected chi connectivity index (χ1v) is 6.12. The molecule has 1 heterocycles. The molecule has 0 radical (unpaired) electrons. The fraction of sp³-hybridized carbons (Fsp3) is 0.286. The zero-order valence-electron chi connectivity index (χ0n) is 10.6. The van der Waals surface area contributed by atoms with Crippen molar-refractivity contribution in [2.24, 2.45) is 5.73 Å². The highest BCUT2D eigenvalue weighted by atomic mass is 15.1. The second-order valence-electron chi connectivity index (χ2n) is 4.23.